The van der Waals surface area contributed by atoms with E-state index in [1.165, 1.54) is 13.1 Å². The number of sulfonamides is 1. The molecule has 0 aromatic heterocycles. The molecular weight excluding hydrogens is 340 g/mol. The lowest BCUT2D eigenvalue weighted by Crippen LogP contribution is -2.50. The minimum Gasteiger partial charge on any atom is -0.325 e. The smallest absolute Gasteiger partial charge is 0.240 e. The van der Waals surface area contributed by atoms with E-state index >= 15 is 0 Å². The largest absolute Gasteiger partial charge is 0.325 e. The zero-order valence-corrected chi connectivity index (χ0v) is 16.2. The van der Waals surface area contributed by atoms with Gasteiger partial charge in [0.15, 0.2) is 0 Å². The fourth-order valence-corrected chi connectivity index (χ4v) is 3.91. The Labute approximate surface area is 150 Å². The monoisotopic (exact) mass is 368 g/mol. The molecule has 2 N–H and O–H groups in total. The number of benzene rings is 1. The molecular formula is C17H28N4O3S. The molecule has 0 spiro atoms. The maximum atomic E-state index is 12.3. The van der Waals surface area contributed by atoms with E-state index < -0.39 is 10.0 Å². The van der Waals surface area contributed by atoms with Gasteiger partial charge in [-0.3, -0.25) is 14.6 Å². The highest BCUT2D eigenvalue weighted by Crippen LogP contribution is 2.20. The fraction of sp³-hybridized carbons (Fsp3) is 0.588. The Hall–Kier alpha value is -1.48. The minimum absolute atomic E-state index is 0.130. The molecule has 0 radical (unpaired) electrons. The lowest BCUT2D eigenvalue weighted by atomic mass is 10.2. The normalized spacial score (nSPS) is 17.0. The molecule has 1 aliphatic heterocycles. The van der Waals surface area contributed by atoms with Crippen LogP contribution in [-0.2, 0) is 14.8 Å². The van der Waals surface area contributed by atoms with Crippen LogP contribution in [0.3, 0.4) is 0 Å². The van der Waals surface area contributed by atoms with Crippen LogP contribution in [0.4, 0.5) is 5.69 Å². The summed E-state index contributed by atoms with van der Waals surface area (Å²) in [5.74, 6) is -0.130. The summed E-state index contributed by atoms with van der Waals surface area (Å²) in [5.41, 5.74) is 1.13. The first kappa shape index (κ1) is 19.8. The Bertz CT molecular complexity index is 711. The van der Waals surface area contributed by atoms with Gasteiger partial charge in [-0.1, -0.05) is 6.07 Å². The number of anilines is 1. The van der Waals surface area contributed by atoms with Gasteiger partial charge in [0.2, 0.25) is 15.9 Å². The highest BCUT2D eigenvalue weighted by molar-refractivity contribution is 7.89. The predicted molar refractivity (Wildman–Crippen MR) is 99.2 cm³/mol. The van der Waals surface area contributed by atoms with E-state index in [1.807, 2.05) is 0 Å². The second kappa shape index (κ2) is 8.27. The molecule has 1 aromatic carbocycles. The van der Waals surface area contributed by atoms with E-state index in [9.17, 15) is 13.2 Å². The number of nitrogens with zero attached hydrogens (tertiary/aromatic N) is 2. The van der Waals surface area contributed by atoms with Crippen molar-refractivity contribution in [3.63, 3.8) is 0 Å². The number of amides is 1. The Morgan fingerprint density at radius 3 is 2.40 bits per heavy atom. The third kappa shape index (κ3) is 5.24. The molecule has 0 atom stereocenters. The van der Waals surface area contributed by atoms with Gasteiger partial charge in [-0.2, -0.15) is 0 Å². The molecule has 25 heavy (non-hydrogen) atoms. The van der Waals surface area contributed by atoms with Gasteiger partial charge in [0.1, 0.15) is 0 Å². The molecule has 1 amide bonds. The second-order valence-electron chi connectivity index (χ2n) is 6.64. The number of piperazine rings is 1. The van der Waals surface area contributed by atoms with Gasteiger partial charge >= 0.3 is 0 Å². The highest BCUT2D eigenvalue weighted by Gasteiger charge is 2.21. The van der Waals surface area contributed by atoms with Gasteiger partial charge in [0.05, 0.1) is 11.4 Å². The molecule has 1 aromatic rings. The van der Waals surface area contributed by atoms with E-state index in [2.05, 4.69) is 33.7 Å². The Balaban J connectivity index is 1.96. The molecule has 1 heterocycles. The minimum atomic E-state index is -3.55. The van der Waals surface area contributed by atoms with Crippen molar-refractivity contribution in [1.82, 2.24) is 14.5 Å². The van der Waals surface area contributed by atoms with E-state index in [4.69, 9.17) is 0 Å². The number of hydrogen-bond acceptors (Lipinski definition) is 5. The predicted octanol–water partition coefficient (Wildman–Crippen LogP) is 0.868. The van der Waals surface area contributed by atoms with E-state index in [0.717, 1.165) is 26.2 Å². The van der Waals surface area contributed by atoms with Crippen molar-refractivity contribution in [2.45, 2.75) is 31.7 Å². The molecule has 8 heteroatoms. The van der Waals surface area contributed by atoms with Gasteiger partial charge in [0, 0.05) is 37.9 Å². The number of rotatable bonds is 6. The van der Waals surface area contributed by atoms with Crippen LogP contribution in [0.25, 0.3) is 0 Å². The standard InChI is InChI=1S/C17H28N4O3S/c1-13(2)21-9-7-20(8-10-21)12-17(22)19-15-6-5-14(3)16(11-15)25(23,24)18-4/h5-6,11,13,18H,7-10,12H2,1-4H3,(H,19,22). The first-order valence-corrected chi connectivity index (χ1v) is 10.0. The van der Waals surface area contributed by atoms with Gasteiger partial charge in [0.25, 0.3) is 0 Å². The average molecular weight is 369 g/mol. The van der Waals surface area contributed by atoms with Crippen molar-refractivity contribution in [3.05, 3.63) is 23.8 Å². The quantitative estimate of drug-likeness (QED) is 0.779. The Kier molecular flexibility index (Phi) is 6.56. The van der Waals surface area contributed by atoms with Crippen molar-refractivity contribution < 1.29 is 13.2 Å². The number of carbonyl (C=O) groups is 1. The van der Waals surface area contributed by atoms with Crippen LogP contribution < -0.4 is 10.0 Å². The summed E-state index contributed by atoms with van der Waals surface area (Å²) in [7, 11) is -2.17. The summed E-state index contributed by atoms with van der Waals surface area (Å²) in [4.78, 5) is 17.0. The van der Waals surface area contributed by atoms with E-state index in [1.54, 1.807) is 19.1 Å². The van der Waals surface area contributed by atoms with Crippen molar-refractivity contribution in [2.24, 2.45) is 0 Å². The third-order valence-corrected chi connectivity index (χ3v) is 6.09. The Morgan fingerprint density at radius 1 is 1.20 bits per heavy atom. The summed E-state index contributed by atoms with van der Waals surface area (Å²) < 4.78 is 26.4. The third-order valence-electron chi connectivity index (χ3n) is 4.53. The summed E-state index contributed by atoms with van der Waals surface area (Å²) in [6.07, 6.45) is 0. The van der Waals surface area contributed by atoms with Crippen LogP contribution in [0.2, 0.25) is 0 Å². The first-order chi connectivity index (χ1) is 11.7. The van der Waals surface area contributed by atoms with Crippen LogP contribution in [-0.4, -0.2) is 69.9 Å². The van der Waals surface area contributed by atoms with Crippen molar-refractivity contribution >= 4 is 21.6 Å². The van der Waals surface area contributed by atoms with Crippen molar-refractivity contribution in [3.8, 4) is 0 Å². The SMILES string of the molecule is CNS(=O)(=O)c1cc(NC(=O)CN2CCN(C(C)C)CC2)ccc1C. The van der Waals surface area contributed by atoms with Crippen LogP contribution in [0.5, 0.6) is 0 Å². The van der Waals surface area contributed by atoms with Gasteiger partial charge in [-0.15, -0.1) is 0 Å². The van der Waals surface area contributed by atoms with Gasteiger partial charge in [-0.25, -0.2) is 13.1 Å². The number of nitrogens with one attached hydrogen (secondary N) is 2. The highest BCUT2D eigenvalue weighted by atomic mass is 32.2. The number of aryl methyl sites for hydroxylation is 1. The topological polar surface area (TPSA) is 81.8 Å². The molecule has 0 unspecified atom stereocenters. The summed E-state index contributed by atoms with van der Waals surface area (Å²) in [6, 6.07) is 5.44. The molecule has 1 aliphatic rings. The van der Waals surface area contributed by atoms with E-state index in [0.29, 0.717) is 23.8 Å². The van der Waals surface area contributed by atoms with Crippen LogP contribution in [0.15, 0.2) is 23.1 Å². The molecule has 2 rings (SSSR count). The molecule has 0 saturated carbocycles. The maximum Gasteiger partial charge on any atom is 0.240 e. The zero-order valence-electron chi connectivity index (χ0n) is 15.4. The fourth-order valence-electron chi connectivity index (χ4n) is 2.92. The van der Waals surface area contributed by atoms with Crippen LogP contribution >= 0.6 is 0 Å². The second-order valence-corrected chi connectivity index (χ2v) is 8.50. The maximum absolute atomic E-state index is 12.3. The number of hydrogen-bond donors (Lipinski definition) is 2. The van der Waals surface area contributed by atoms with Crippen molar-refractivity contribution in [1.29, 1.82) is 0 Å². The summed E-state index contributed by atoms with van der Waals surface area (Å²) in [6.45, 7) is 10.0. The molecule has 0 bridgehead atoms. The molecule has 7 nitrogen and oxygen atoms in total. The Morgan fingerprint density at radius 2 is 1.84 bits per heavy atom. The van der Waals surface area contributed by atoms with Crippen LogP contribution in [0, 0.1) is 6.92 Å². The molecule has 140 valence electrons. The molecule has 1 saturated heterocycles. The first-order valence-electron chi connectivity index (χ1n) is 8.53. The zero-order chi connectivity index (χ0) is 18.6. The van der Waals surface area contributed by atoms with Gasteiger partial charge < -0.3 is 5.32 Å². The average Bonchev–Trinajstić information content (AvgIpc) is 2.57. The van der Waals surface area contributed by atoms with E-state index in [-0.39, 0.29) is 10.8 Å². The summed E-state index contributed by atoms with van der Waals surface area (Å²) >= 11 is 0. The molecule has 0 aliphatic carbocycles. The lowest BCUT2D eigenvalue weighted by Gasteiger charge is -2.36. The molecule has 1 fully saturated rings. The number of carbonyl (C=O) groups excluding carboxylic acids is 1. The van der Waals surface area contributed by atoms with Crippen LogP contribution in [0.1, 0.15) is 19.4 Å². The lowest BCUT2D eigenvalue weighted by molar-refractivity contribution is -0.117. The van der Waals surface area contributed by atoms with Gasteiger partial charge in [-0.05, 0) is 45.5 Å². The summed E-state index contributed by atoms with van der Waals surface area (Å²) in [5, 5.41) is 2.80. The van der Waals surface area contributed by atoms with Crippen molar-refractivity contribution in [2.75, 3.05) is 45.1 Å².